The molecule has 1 aromatic rings. The van der Waals surface area contributed by atoms with Crippen molar-refractivity contribution in [2.45, 2.75) is 17.9 Å². The highest BCUT2D eigenvalue weighted by Gasteiger charge is 2.08. The molecule has 0 fully saturated rings. The van der Waals surface area contributed by atoms with Gasteiger partial charge in [-0.25, -0.2) is 8.78 Å². The molecule has 0 saturated heterocycles. The van der Waals surface area contributed by atoms with Crippen LogP contribution < -0.4 is 5.32 Å². The minimum Gasteiger partial charge on any atom is -0.383 e. The molecule has 0 radical (unpaired) electrons. The molecule has 0 aliphatic heterocycles. The van der Waals surface area contributed by atoms with Gasteiger partial charge in [0, 0.05) is 18.0 Å². The van der Waals surface area contributed by atoms with Crippen molar-refractivity contribution in [2.24, 2.45) is 0 Å². The smallest absolute Gasteiger partial charge is 0.230 e. The van der Waals surface area contributed by atoms with Gasteiger partial charge in [0.25, 0.3) is 0 Å². The van der Waals surface area contributed by atoms with Crippen molar-refractivity contribution in [3.8, 4) is 0 Å². The van der Waals surface area contributed by atoms with Gasteiger partial charge in [-0.3, -0.25) is 4.79 Å². The Bertz CT molecular complexity index is 415. The molecular formula is C12H15F2NO2S. The zero-order valence-corrected chi connectivity index (χ0v) is 11.0. The highest BCUT2D eigenvalue weighted by molar-refractivity contribution is 8.00. The van der Waals surface area contributed by atoms with Crippen molar-refractivity contribution in [3.63, 3.8) is 0 Å². The molecule has 0 saturated carbocycles. The predicted octanol–water partition coefficient (Wildman–Crippen LogP) is 2.21. The largest absolute Gasteiger partial charge is 0.383 e. The molecule has 6 heteroatoms. The first-order chi connectivity index (χ1) is 8.52. The van der Waals surface area contributed by atoms with Crippen LogP contribution in [-0.4, -0.2) is 31.4 Å². The average Bonchev–Trinajstić information content (AvgIpc) is 2.31. The lowest BCUT2D eigenvalue weighted by Crippen LogP contribution is -2.36. The molecule has 0 heterocycles. The van der Waals surface area contributed by atoms with Crippen molar-refractivity contribution < 1.29 is 18.3 Å². The number of carbonyl (C=O) groups excluding carboxylic acids is 1. The van der Waals surface area contributed by atoms with Crippen LogP contribution in [0.25, 0.3) is 0 Å². The third-order valence-corrected chi connectivity index (χ3v) is 3.08. The number of rotatable bonds is 6. The van der Waals surface area contributed by atoms with Crippen LogP contribution in [0.4, 0.5) is 8.78 Å². The second-order valence-electron chi connectivity index (χ2n) is 3.79. The molecule has 1 aromatic carbocycles. The molecule has 0 aromatic heterocycles. The molecule has 3 nitrogen and oxygen atoms in total. The Morgan fingerprint density at radius 1 is 1.44 bits per heavy atom. The topological polar surface area (TPSA) is 38.3 Å². The van der Waals surface area contributed by atoms with Gasteiger partial charge in [-0.05, 0) is 25.1 Å². The number of ether oxygens (including phenoxy) is 1. The van der Waals surface area contributed by atoms with Gasteiger partial charge in [0.1, 0.15) is 0 Å². The van der Waals surface area contributed by atoms with Gasteiger partial charge in [0.2, 0.25) is 5.91 Å². The van der Waals surface area contributed by atoms with Crippen molar-refractivity contribution in [1.29, 1.82) is 0 Å². The Morgan fingerprint density at radius 3 is 2.78 bits per heavy atom. The molecule has 0 bridgehead atoms. The highest BCUT2D eigenvalue weighted by Crippen LogP contribution is 2.20. The number of methoxy groups -OCH3 is 1. The Kier molecular flexibility index (Phi) is 6.07. The summed E-state index contributed by atoms with van der Waals surface area (Å²) in [4.78, 5) is 12.0. The monoisotopic (exact) mass is 275 g/mol. The molecule has 0 aliphatic rings. The van der Waals surface area contributed by atoms with Gasteiger partial charge < -0.3 is 10.1 Å². The molecule has 1 N–H and O–H groups in total. The van der Waals surface area contributed by atoms with Gasteiger partial charge in [-0.15, -0.1) is 11.8 Å². The summed E-state index contributed by atoms with van der Waals surface area (Å²) in [5, 5.41) is 2.72. The van der Waals surface area contributed by atoms with E-state index in [1.807, 2.05) is 6.92 Å². The van der Waals surface area contributed by atoms with Crippen LogP contribution in [0.5, 0.6) is 0 Å². The predicted molar refractivity (Wildman–Crippen MR) is 66.6 cm³/mol. The van der Waals surface area contributed by atoms with E-state index in [2.05, 4.69) is 5.32 Å². The molecule has 0 spiro atoms. The number of halogens is 2. The number of benzene rings is 1. The van der Waals surface area contributed by atoms with Gasteiger partial charge >= 0.3 is 0 Å². The lowest BCUT2D eigenvalue weighted by atomic mass is 10.3. The molecule has 0 unspecified atom stereocenters. The average molecular weight is 275 g/mol. The van der Waals surface area contributed by atoms with E-state index in [4.69, 9.17) is 4.74 Å². The summed E-state index contributed by atoms with van der Waals surface area (Å²) in [5.41, 5.74) is 0. The first-order valence-corrected chi connectivity index (χ1v) is 6.37. The normalized spacial score (nSPS) is 12.2. The molecular weight excluding hydrogens is 260 g/mol. The van der Waals surface area contributed by atoms with E-state index in [0.29, 0.717) is 11.5 Å². The number of nitrogens with one attached hydrogen (secondary N) is 1. The lowest BCUT2D eigenvalue weighted by molar-refractivity contribution is -0.119. The summed E-state index contributed by atoms with van der Waals surface area (Å²) in [7, 11) is 1.55. The zero-order chi connectivity index (χ0) is 13.5. The second kappa shape index (κ2) is 7.33. The summed E-state index contributed by atoms with van der Waals surface area (Å²) < 4.78 is 30.5. The fourth-order valence-corrected chi connectivity index (χ4v) is 2.06. The quantitative estimate of drug-likeness (QED) is 0.809. The molecule has 1 amide bonds. The zero-order valence-electron chi connectivity index (χ0n) is 10.2. The maximum Gasteiger partial charge on any atom is 0.230 e. The third-order valence-electron chi connectivity index (χ3n) is 2.09. The standard InChI is InChI=1S/C12H15F2NO2S/c1-8(6-17-2)15-12(16)7-18-9-3-4-10(13)11(14)5-9/h3-5,8H,6-7H2,1-2H3,(H,15,16)/t8-/m1/s1. The first kappa shape index (κ1) is 14.9. The van der Waals surface area contributed by atoms with Crippen LogP contribution >= 0.6 is 11.8 Å². The van der Waals surface area contributed by atoms with Gasteiger partial charge in [-0.1, -0.05) is 0 Å². The van der Waals surface area contributed by atoms with E-state index in [1.54, 1.807) is 7.11 Å². The summed E-state index contributed by atoms with van der Waals surface area (Å²) in [6, 6.07) is 3.48. The first-order valence-electron chi connectivity index (χ1n) is 5.39. The highest BCUT2D eigenvalue weighted by atomic mass is 32.2. The van der Waals surface area contributed by atoms with E-state index >= 15 is 0 Å². The van der Waals surface area contributed by atoms with Crippen LogP contribution in [0, 0.1) is 11.6 Å². The Balaban J connectivity index is 2.40. The maximum atomic E-state index is 12.9. The minimum absolute atomic E-state index is 0.0759. The van der Waals surface area contributed by atoms with Crippen molar-refractivity contribution in [3.05, 3.63) is 29.8 Å². The maximum absolute atomic E-state index is 12.9. The van der Waals surface area contributed by atoms with Crippen molar-refractivity contribution in [2.75, 3.05) is 19.5 Å². The number of hydrogen-bond donors (Lipinski definition) is 1. The number of hydrogen-bond acceptors (Lipinski definition) is 3. The van der Waals surface area contributed by atoms with E-state index in [0.717, 1.165) is 23.9 Å². The number of carbonyl (C=O) groups is 1. The third kappa shape index (κ3) is 5.01. The Hall–Kier alpha value is -1.14. The fraction of sp³-hybridized carbons (Fsp3) is 0.417. The molecule has 18 heavy (non-hydrogen) atoms. The van der Waals surface area contributed by atoms with E-state index in [1.165, 1.54) is 6.07 Å². The Labute approximate surface area is 109 Å². The van der Waals surface area contributed by atoms with Crippen LogP contribution in [0.3, 0.4) is 0 Å². The summed E-state index contributed by atoms with van der Waals surface area (Å²) in [6.07, 6.45) is 0. The number of thioether (sulfide) groups is 1. The number of amides is 1. The summed E-state index contributed by atoms with van der Waals surface area (Å²) in [5.74, 6) is -1.82. The summed E-state index contributed by atoms with van der Waals surface area (Å²) >= 11 is 1.15. The SMILES string of the molecule is COC[C@@H](C)NC(=O)CSc1ccc(F)c(F)c1. The van der Waals surface area contributed by atoms with Crippen LogP contribution in [0.15, 0.2) is 23.1 Å². The Morgan fingerprint density at radius 2 is 2.17 bits per heavy atom. The fourth-order valence-electron chi connectivity index (χ4n) is 1.32. The van der Waals surface area contributed by atoms with Crippen molar-refractivity contribution in [1.82, 2.24) is 5.32 Å². The minimum atomic E-state index is -0.909. The van der Waals surface area contributed by atoms with Gasteiger partial charge in [0.05, 0.1) is 12.4 Å². The van der Waals surface area contributed by atoms with Crippen LogP contribution in [0.2, 0.25) is 0 Å². The molecule has 1 rings (SSSR count). The lowest BCUT2D eigenvalue weighted by Gasteiger charge is -2.12. The molecule has 0 aliphatic carbocycles. The van der Waals surface area contributed by atoms with Crippen LogP contribution in [0.1, 0.15) is 6.92 Å². The molecule has 1 atom stereocenters. The van der Waals surface area contributed by atoms with E-state index in [9.17, 15) is 13.6 Å². The van der Waals surface area contributed by atoms with Crippen LogP contribution in [-0.2, 0) is 9.53 Å². The van der Waals surface area contributed by atoms with E-state index in [-0.39, 0.29) is 17.7 Å². The molecule has 100 valence electrons. The van der Waals surface area contributed by atoms with Gasteiger partial charge in [0.15, 0.2) is 11.6 Å². The van der Waals surface area contributed by atoms with E-state index < -0.39 is 11.6 Å². The summed E-state index contributed by atoms with van der Waals surface area (Å²) in [6.45, 7) is 2.26. The van der Waals surface area contributed by atoms with Crippen molar-refractivity contribution >= 4 is 17.7 Å². The second-order valence-corrected chi connectivity index (χ2v) is 4.84. The van der Waals surface area contributed by atoms with Gasteiger partial charge in [-0.2, -0.15) is 0 Å².